The van der Waals surface area contributed by atoms with Gasteiger partial charge in [-0.2, -0.15) is 5.26 Å². The summed E-state index contributed by atoms with van der Waals surface area (Å²) in [5.74, 6) is -0.975. The minimum atomic E-state index is -0.975. The Hall–Kier alpha value is -2.28. The van der Waals surface area contributed by atoms with Gasteiger partial charge in [0.05, 0.1) is 12.5 Å². The van der Waals surface area contributed by atoms with Crippen molar-refractivity contribution in [3.63, 3.8) is 0 Å². The normalized spacial score (nSPS) is 12.1. The van der Waals surface area contributed by atoms with E-state index in [1.165, 1.54) is 0 Å². The van der Waals surface area contributed by atoms with E-state index in [-0.39, 0.29) is 6.04 Å². The molecule has 4 nitrogen and oxygen atoms in total. The average molecular weight is 244 g/mol. The fraction of sp³-hybridized carbons (Fsp3) is 0.286. The number of anilines is 1. The predicted molar refractivity (Wildman–Crippen MR) is 71.2 cm³/mol. The van der Waals surface area contributed by atoms with Gasteiger partial charge in [-0.15, -0.1) is 0 Å². The largest absolute Gasteiger partial charge is 0.478 e. The highest BCUT2D eigenvalue weighted by atomic mass is 16.4. The Kier molecular flexibility index (Phi) is 4.94. The van der Waals surface area contributed by atoms with Crippen molar-refractivity contribution in [2.24, 2.45) is 0 Å². The zero-order chi connectivity index (χ0) is 13.5. The van der Waals surface area contributed by atoms with Gasteiger partial charge in [0.1, 0.15) is 0 Å². The highest BCUT2D eigenvalue weighted by Crippen LogP contribution is 2.23. The molecule has 0 fully saturated rings. The maximum atomic E-state index is 10.5. The molecule has 0 aliphatic carbocycles. The number of nitriles is 1. The lowest BCUT2D eigenvalue weighted by molar-refractivity contribution is -0.131. The van der Waals surface area contributed by atoms with Crippen LogP contribution in [0.5, 0.6) is 0 Å². The first-order valence-electron chi connectivity index (χ1n) is 5.66. The summed E-state index contributed by atoms with van der Waals surface area (Å²) in [6, 6.07) is 9.72. The third kappa shape index (κ3) is 3.63. The third-order valence-electron chi connectivity index (χ3n) is 2.77. The van der Waals surface area contributed by atoms with E-state index in [4.69, 9.17) is 10.4 Å². The molecule has 1 aromatic rings. The molecule has 94 valence electrons. The lowest BCUT2D eigenvalue weighted by Crippen LogP contribution is -2.28. The van der Waals surface area contributed by atoms with Crippen LogP contribution in [0.2, 0.25) is 0 Å². The second kappa shape index (κ2) is 6.45. The van der Waals surface area contributed by atoms with Crippen molar-refractivity contribution in [1.29, 1.82) is 5.26 Å². The number of para-hydroxylation sites is 1. The number of carboxylic acid groups (broad SMARTS) is 1. The Morgan fingerprint density at radius 1 is 1.56 bits per heavy atom. The molecule has 0 spiro atoms. The van der Waals surface area contributed by atoms with E-state index in [1.54, 1.807) is 6.08 Å². The Bertz CT molecular complexity index is 489. The summed E-state index contributed by atoms with van der Waals surface area (Å²) in [5, 5.41) is 17.4. The molecule has 1 atom stereocenters. The Morgan fingerprint density at radius 3 is 2.83 bits per heavy atom. The predicted octanol–water partition coefficient (Wildman–Crippen LogP) is 2.52. The van der Waals surface area contributed by atoms with Crippen molar-refractivity contribution in [3.05, 3.63) is 35.9 Å². The van der Waals surface area contributed by atoms with Crippen LogP contribution < -0.4 is 4.90 Å². The highest BCUT2D eigenvalue weighted by molar-refractivity contribution is 5.87. The fourth-order valence-electron chi connectivity index (χ4n) is 1.62. The SMILES string of the molecule is CC(CC#N)N(C)c1ccccc1C=CC(=O)O. The van der Waals surface area contributed by atoms with Crippen molar-refractivity contribution in [2.45, 2.75) is 19.4 Å². The molecule has 1 rings (SSSR count). The quantitative estimate of drug-likeness (QED) is 0.808. The fourth-order valence-corrected chi connectivity index (χ4v) is 1.62. The smallest absolute Gasteiger partial charge is 0.328 e. The molecular weight excluding hydrogens is 228 g/mol. The van der Waals surface area contributed by atoms with E-state index in [2.05, 4.69) is 6.07 Å². The molecule has 4 heteroatoms. The number of benzene rings is 1. The molecule has 1 unspecified atom stereocenters. The summed E-state index contributed by atoms with van der Waals surface area (Å²) in [6.07, 6.45) is 3.10. The van der Waals surface area contributed by atoms with E-state index >= 15 is 0 Å². The zero-order valence-corrected chi connectivity index (χ0v) is 10.5. The summed E-state index contributed by atoms with van der Waals surface area (Å²) >= 11 is 0. The molecule has 0 aromatic heterocycles. The number of rotatable bonds is 5. The number of carbonyl (C=O) groups is 1. The van der Waals surface area contributed by atoms with Gasteiger partial charge in [-0.25, -0.2) is 4.79 Å². The van der Waals surface area contributed by atoms with Crippen molar-refractivity contribution in [2.75, 3.05) is 11.9 Å². The lowest BCUT2D eigenvalue weighted by Gasteiger charge is -2.26. The van der Waals surface area contributed by atoms with Gasteiger partial charge in [0.15, 0.2) is 0 Å². The molecule has 18 heavy (non-hydrogen) atoms. The van der Waals surface area contributed by atoms with Crippen molar-refractivity contribution >= 4 is 17.7 Å². The van der Waals surface area contributed by atoms with Gasteiger partial charge < -0.3 is 10.0 Å². The molecule has 0 radical (unpaired) electrons. The summed E-state index contributed by atoms with van der Waals surface area (Å²) in [5.41, 5.74) is 1.74. The molecule has 0 saturated carbocycles. The van der Waals surface area contributed by atoms with Crippen LogP contribution >= 0.6 is 0 Å². The van der Waals surface area contributed by atoms with Crippen LogP contribution in [0, 0.1) is 11.3 Å². The molecule has 0 aliphatic heterocycles. The number of hydrogen-bond acceptors (Lipinski definition) is 3. The first kappa shape index (κ1) is 13.8. The zero-order valence-electron chi connectivity index (χ0n) is 10.5. The third-order valence-corrected chi connectivity index (χ3v) is 2.77. The van der Waals surface area contributed by atoms with Gasteiger partial charge in [0.2, 0.25) is 0 Å². The van der Waals surface area contributed by atoms with Gasteiger partial charge in [0.25, 0.3) is 0 Å². The van der Waals surface area contributed by atoms with Crippen molar-refractivity contribution in [3.8, 4) is 6.07 Å². The van der Waals surface area contributed by atoms with Crippen molar-refractivity contribution in [1.82, 2.24) is 0 Å². The molecule has 0 heterocycles. The van der Waals surface area contributed by atoms with Crippen LogP contribution in [0.25, 0.3) is 6.08 Å². The first-order chi connectivity index (χ1) is 8.56. The van der Waals surface area contributed by atoms with E-state index in [0.29, 0.717) is 6.42 Å². The number of carboxylic acids is 1. The maximum absolute atomic E-state index is 10.5. The molecule has 1 N–H and O–H groups in total. The van der Waals surface area contributed by atoms with E-state index in [9.17, 15) is 4.79 Å². The molecule has 1 aromatic carbocycles. The van der Waals surface area contributed by atoms with E-state index in [1.807, 2.05) is 43.1 Å². The minimum Gasteiger partial charge on any atom is -0.478 e. The summed E-state index contributed by atoms with van der Waals surface area (Å²) in [6.45, 7) is 1.96. The monoisotopic (exact) mass is 244 g/mol. The highest BCUT2D eigenvalue weighted by Gasteiger charge is 2.11. The van der Waals surface area contributed by atoms with Gasteiger partial charge >= 0.3 is 5.97 Å². The molecular formula is C14H16N2O2. The van der Waals surface area contributed by atoms with Crippen LogP contribution in [0.15, 0.2) is 30.3 Å². The molecule has 0 amide bonds. The van der Waals surface area contributed by atoms with E-state index < -0.39 is 5.97 Å². The van der Waals surface area contributed by atoms with E-state index in [0.717, 1.165) is 17.3 Å². The second-order valence-corrected chi connectivity index (χ2v) is 4.05. The van der Waals surface area contributed by atoms with Gasteiger partial charge in [-0.1, -0.05) is 18.2 Å². The van der Waals surface area contributed by atoms with Crippen LogP contribution in [0.1, 0.15) is 18.9 Å². The van der Waals surface area contributed by atoms with Crippen LogP contribution in [0.3, 0.4) is 0 Å². The van der Waals surface area contributed by atoms with Gasteiger partial charge in [-0.05, 0) is 24.6 Å². The van der Waals surface area contributed by atoms with Gasteiger partial charge in [-0.3, -0.25) is 0 Å². The standard InChI is InChI=1S/C14H16N2O2/c1-11(9-10-15)16(2)13-6-4-3-5-12(13)7-8-14(17)18/h3-8,11H,9H2,1-2H3,(H,17,18). The number of nitrogens with zero attached hydrogens (tertiary/aromatic N) is 2. The summed E-state index contributed by atoms with van der Waals surface area (Å²) in [4.78, 5) is 12.5. The van der Waals surface area contributed by atoms with Gasteiger partial charge in [0, 0.05) is 24.9 Å². The summed E-state index contributed by atoms with van der Waals surface area (Å²) < 4.78 is 0. The first-order valence-corrected chi connectivity index (χ1v) is 5.66. The van der Waals surface area contributed by atoms with Crippen LogP contribution in [-0.2, 0) is 4.79 Å². The average Bonchev–Trinajstić information content (AvgIpc) is 2.36. The molecule has 0 bridgehead atoms. The van der Waals surface area contributed by atoms with Crippen LogP contribution in [-0.4, -0.2) is 24.2 Å². The lowest BCUT2D eigenvalue weighted by atomic mass is 10.1. The Balaban J connectivity index is 3.02. The second-order valence-electron chi connectivity index (χ2n) is 4.05. The van der Waals surface area contributed by atoms with Crippen molar-refractivity contribution < 1.29 is 9.90 Å². The number of aliphatic carboxylic acids is 1. The maximum Gasteiger partial charge on any atom is 0.328 e. The molecule has 0 saturated heterocycles. The summed E-state index contributed by atoms with van der Waals surface area (Å²) in [7, 11) is 1.90. The Labute approximate surface area is 107 Å². The number of hydrogen-bond donors (Lipinski definition) is 1. The molecule has 0 aliphatic rings. The van der Waals surface area contributed by atoms with Crippen LogP contribution in [0.4, 0.5) is 5.69 Å². The topological polar surface area (TPSA) is 64.3 Å². The Morgan fingerprint density at radius 2 is 2.22 bits per heavy atom. The minimum absolute atomic E-state index is 0.0781.